The lowest BCUT2D eigenvalue weighted by atomic mass is 10.1. The minimum absolute atomic E-state index is 0. The number of carbonyl (C=O) groups is 1. The first-order valence-corrected chi connectivity index (χ1v) is 8.43. The Morgan fingerprint density at radius 1 is 1.17 bits per heavy atom. The van der Waals surface area contributed by atoms with E-state index in [0.717, 1.165) is 51.8 Å². The molecule has 0 bridgehead atoms. The molecule has 0 unspecified atom stereocenters. The highest BCUT2D eigenvalue weighted by Crippen LogP contribution is 2.15. The Morgan fingerprint density at radius 3 is 2.52 bits per heavy atom. The molecule has 1 amide bonds. The van der Waals surface area contributed by atoms with Crippen LogP contribution in [0.1, 0.15) is 37.7 Å². The van der Waals surface area contributed by atoms with Gasteiger partial charge in [-0.2, -0.15) is 0 Å². The van der Waals surface area contributed by atoms with E-state index >= 15 is 0 Å². The Balaban J connectivity index is 0.00000264. The molecule has 130 valence electrons. The van der Waals surface area contributed by atoms with Crippen LogP contribution in [-0.2, 0) is 16.0 Å². The number of likely N-dealkylation sites (tertiary alicyclic amines) is 1. The van der Waals surface area contributed by atoms with Crippen LogP contribution < -0.4 is 5.73 Å². The Hall–Kier alpha value is -1.10. The molecule has 2 N–H and O–H groups in total. The van der Waals surface area contributed by atoms with Gasteiger partial charge in [-0.25, -0.2) is 0 Å². The van der Waals surface area contributed by atoms with E-state index in [1.54, 1.807) is 0 Å². The molecule has 0 spiro atoms. The summed E-state index contributed by atoms with van der Waals surface area (Å²) in [4.78, 5) is 14.2. The van der Waals surface area contributed by atoms with E-state index in [2.05, 4.69) is 12.1 Å². The van der Waals surface area contributed by atoms with Crippen molar-refractivity contribution in [3.05, 3.63) is 35.9 Å². The fraction of sp³-hybridized carbons (Fsp3) is 0.611. The molecule has 0 saturated carbocycles. The quantitative estimate of drug-likeness (QED) is 0.740. The van der Waals surface area contributed by atoms with Gasteiger partial charge in [-0.05, 0) is 44.2 Å². The largest absolute Gasteiger partial charge is 0.378 e. The summed E-state index contributed by atoms with van der Waals surface area (Å²) < 4.78 is 5.77. The molecule has 1 saturated heterocycles. The number of aryl methyl sites for hydroxylation is 1. The molecule has 1 aliphatic rings. The third-order valence-electron chi connectivity index (χ3n) is 4.20. The van der Waals surface area contributed by atoms with Gasteiger partial charge in [0.25, 0.3) is 0 Å². The number of hydrogen-bond acceptors (Lipinski definition) is 3. The molecule has 5 heteroatoms. The van der Waals surface area contributed by atoms with Crippen LogP contribution in [0.4, 0.5) is 0 Å². The first kappa shape index (κ1) is 19.9. The molecule has 4 nitrogen and oxygen atoms in total. The van der Waals surface area contributed by atoms with Crippen LogP contribution in [0.25, 0.3) is 0 Å². The van der Waals surface area contributed by atoms with E-state index < -0.39 is 0 Å². The smallest absolute Gasteiger partial charge is 0.222 e. The molecule has 1 aromatic carbocycles. The lowest BCUT2D eigenvalue weighted by Gasteiger charge is -2.32. The number of benzene rings is 1. The van der Waals surface area contributed by atoms with Crippen LogP contribution in [0.3, 0.4) is 0 Å². The van der Waals surface area contributed by atoms with Gasteiger partial charge in [-0.1, -0.05) is 30.3 Å². The minimum Gasteiger partial charge on any atom is -0.378 e. The number of amides is 1. The van der Waals surface area contributed by atoms with Crippen molar-refractivity contribution in [1.29, 1.82) is 0 Å². The van der Waals surface area contributed by atoms with Gasteiger partial charge in [0.2, 0.25) is 5.91 Å². The van der Waals surface area contributed by atoms with Crippen molar-refractivity contribution >= 4 is 18.3 Å². The number of piperidine rings is 1. The second-order valence-corrected chi connectivity index (χ2v) is 5.93. The van der Waals surface area contributed by atoms with Gasteiger partial charge in [-0.3, -0.25) is 4.79 Å². The number of nitrogens with zero attached hydrogens (tertiary/aromatic N) is 1. The number of hydrogen-bond donors (Lipinski definition) is 1. The van der Waals surface area contributed by atoms with E-state index in [-0.39, 0.29) is 18.3 Å². The SMILES string of the molecule is Cl.NCCCOC1CCN(C(=O)CCCc2ccccc2)CC1. The third-order valence-corrected chi connectivity index (χ3v) is 4.20. The van der Waals surface area contributed by atoms with Crippen molar-refractivity contribution in [1.82, 2.24) is 4.90 Å². The molecule has 23 heavy (non-hydrogen) atoms. The van der Waals surface area contributed by atoms with Crippen LogP contribution >= 0.6 is 12.4 Å². The monoisotopic (exact) mass is 340 g/mol. The zero-order valence-electron chi connectivity index (χ0n) is 13.8. The molecular formula is C18H29ClN2O2. The van der Waals surface area contributed by atoms with Crippen molar-refractivity contribution in [2.75, 3.05) is 26.2 Å². The molecule has 0 aromatic heterocycles. The second-order valence-electron chi connectivity index (χ2n) is 5.93. The maximum atomic E-state index is 12.2. The van der Waals surface area contributed by atoms with Crippen molar-refractivity contribution in [3.63, 3.8) is 0 Å². The molecule has 1 heterocycles. The molecular weight excluding hydrogens is 312 g/mol. The maximum Gasteiger partial charge on any atom is 0.222 e. The summed E-state index contributed by atoms with van der Waals surface area (Å²) in [6.07, 6.45) is 5.68. The van der Waals surface area contributed by atoms with Gasteiger partial charge >= 0.3 is 0 Å². The van der Waals surface area contributed by atoms with Gasteiger partial charge in [0, 0.05) is 26.1 Å². The highest BCUT2D eigenvalue weighted by atomic mass is 35.5. The molecule has 0 aliphatic carbocycles. The Kier molecular flexibility index (Phi) is 9.92. The van der Waals surface area contributed by atoms with E-state index in [1.807, 2.05) is 23.1 Å². The number of nitrogens with two attached hydrogens (primary N) is 1. The number of ether oxygens (including phenoxy) is 1. The molecule has 1 aliphatic heterocycles. The van der Waals surface area contributed by atoms with Crippen molar-refractivity contribution in [2.45, 2.75) is 44.6 Å². The summed E-state index contributed by atoms with van der Waals surface area (Å²) in [6, 6.07) is 10.4. The van der Waals surface area contributed by atoms with Crippen LogP contribution in [0.5, 0.6) is 0 Å². The molecule has 0 atom stereocenters. The molecule has 2 rings (SSSR count). The predicted molar refractivity (Wildman–Crippen MR) is 95.9 cm³/mol. The van der Waals surface area contributed by atoms with Gasteiger partial charge in [0.05, 0.1) is 6.10 Å². The lowest BCUT2D eigenvalue weighted by molar-refractivity contribution is -0.133. The van der Waals surface area contributed by atoms with E-state index in [0.29, 0.717) is 19.1 Å². The molecule has 1 aromatic rings. The highest BCUT2D eigenvalue weighted by Gasteiger charge is 2.22. The average molecular weight is 341 g/mol. The topological polar surface area (TPSA) is 55.6 Å². The minimum atomic E-state index is 0. The fourth-order valence-corrected chi connectivity index (χ4v) is 2.85. The van der Waals surface area contributed by atoms with Gasteiger partial charge in [0.1, 0.15) is 0 Å². The maximum absolute atomic E-state index is 12.2. The van der Waals surface area contributed by atoms with E-state index in [4.69, 9.17) is 10.5 Å². The van der Waals surface area contributed by atoms with E-state index in [1.165, 1.54) is 5.56 Å². The van der Waals surface area contributed by atoms with Crippen molar-refractivity contribution in [3.8, 4) is 0 Å². The zero-order chi connectivity index (χ0) is 15.6. The zero-order valence-corrected chi connectivity index (χ0v) is 14.6. The van der Waals surface area contributed by atoms with Gasteiger partial charge in [-0.15, -0.1) is 12.4 Å². The van der Waals surface area contributed by atoms with Crippen LogP contribution in [-0.4, -0.2) is 43.2 Å². The summed E-state index contributed by atoms with van der Waals surface area (Å²) in [5, 5.41) is 0. The van der Waals surface area contributed by atoms with Gasteiger partial charge < -0.3 is 15.4 Å². The number of rotatable bonds is 8. The Morgan fingerprint density at radius 2 is 1.87 bits per heavy atom. The second kappa shape index (κ2) is 11.4. The van der Waals surface area contributed by atoms with Crippen LogP contribution in [0, 0.1) is 0 Å². The summed E-state index contributed by atoms with van der Waals surface area (Å²) >= 11 is 0. The first-order chi connectivity index (χ1) is 10.8. The molecule has 1 fully saturated rings. The molecule has 0 radical (unpaired) electrons. The number of carbonyl (C=O) groups excluding carboxylic acids is 1. The summed E-state index contributed by atoms with van der Waals surface area (Å²) in [5.74, 6) is 0.288. The average Bonchev–Trinajstić information content (AvgIpc) is 2.56. The summed E-state index contributed by atoms with van der Waals surface area (Å²) in [5.41, 5.74) is 6.77. The fourth-order valence-electron chi connectivity index (χ4n) is 2.85. The van der Waals surface area contributed by atoms with Crippen LogP contribution in [0.2, 0.25) is 0 Å². The first-order valence-electron chi connectivity index (χ1n) is 8.43. The highest BCUT2D eigenvalue weighted by molar-refractivity contribution is 5.85. The summed E-state index contributed by atoms with van der Waals surface area (Å²) in [7, 11) is 0. The number of halogens is 1. The van der Waals surface area contributed by atoms with Gasteiger partial charge in [0.15, 0.2) is 0 Å². The van der Waals surface area contributed by atoms with E-state index in [9.17, 15) is 4.79 Å². The lowest BCUT2D eigenvalue weighted by Crippen LogP contribution is -2.41. The standard InChI is InChI=1S/C18H28N2O2.ClH/c19-12-5-15-22-17-10-13-20(14-11-17)18(21)9-4-8-16-6-2-1-3-7-16;/h1-3,6-7,17H,4-5,8-15,19H2;1H. The Bertz CT molecular complexity index is 434. The van der Waals surface area contributed by atoms with Crippen molar-refractivity contribution in [2.24, 2.45) is 5.73 Å². The predicted octanol–water partition coefficient (Wildman–Crippen LogP) is 2.79. The third kappa shape index (κ3) is 7.34. The van der Waals surface area contributed by atoms with Crippen LogP contribution in [0.15, 0.2) is 30.3 Å². The normalized spacial score (nSPS) is 15.3. The summed E-state index contributed by atoms with van der Waals surface area (Å²) in [6.45, 7) is 3.08. The van der Waals surface area contributed by atoms with Crippen molar-refractivity contribution < 1.29 is 9.53 Å². The Labute approximate surface area is 145 Å².